The molecule has 34 heavy (non-hydrogen) atoms. The van der Waals surface area contributed by atoms with Crippen molar-refractivity contribution >= 4 is 35.3 Å². The fourth-order valence-electron chi connectivity index (χ4n) is 3.04. The van der Waals surface area contributed by atoms with Crippen LogP contribution >= 0.6 is 11.6 Å². The van der Waals surface area contributed by atoms with E-state index >= 15 is 0 Å². The zero-order chi connectivity index (χ0) is 24.5. The summed E-state index contributed by atoms with van der Waals surface area (Å²) in [6, 6.07) is 18.3. The Morgan fingerprint density at radius 1 is 0.971 bits per heavy atom. The van der Waals surface area contributed by atoms with Gasteiger partial charge in [0.2, 0.25) is 11.8 Å². The molecule has 0 saturated carbocycles. The summed E-state index contributed by atoms with van der Waals surface area (Å²) in [7, 11) is 1.54. The number of carbonyl (C=O) groups excluding carboxylic acids is 2. The van der Waals surface area contributed by atoms with E-state index in [1.807, 2.05) is 44.2 Å². The predicted molar refractivity (Wildman–Crippen MR) is 134 cm³/mol. The Labute approximate surface area is 203 Å². The Hall–Kier alpha value is -3.84. The van der Waals surface area contributed by atoms with Crippen LogP contribution in [0.5, 0.6) is 11.5 Å². The molecule has 0 aliphatic rings. The highest BCUT2D eigenvalue weighted by Gasteiger charge is 2.10. The van der Waals surface area contributed by atoms with Crippen molar-refractivity contribution in [3.8, 4) is 11.5 Å². The molecule has 3 rings (SSSR count). The number of rotatable bonds is 9. The van der Waals surface area contributed by atoms with E-state index in [0.29, 0.717) is 34.4 Å². The fourth-order valence-corrected chi connectivity index (χ4v) is 3.23. The summed E-state index contributed by atoms with van der Waals surface area (Å²) in [4.78, 5) is 24.1. The molecule has 0 aliphatic heterocycles. The average Bonchev–Trinajstić information content (AvgIpc) is 2.81. The molecule has 7 nitrogen and oxygen atoms in total. The number of benzene rings is 3. The minimum absolute atomic E-state index is 0.295. The van der Waals surface area contributed by atoms with Crippen LogP contribution in [0.25, 0.3) is 0 Å². The molecule has 176 valence electrons. The number of methoxy groups -OCH3 is 1. The zero-order valence-corrected chi connectivity index (χ0v) is 20.0. The van der Waals surface area contributed by atoms with E-state index in [-0.39, 0.29) is 6.42 Å². The molecule has 8 heteroatoms. The van der Waals surface area contributed by atoms with Crippen LogP contribution < -0.4 is 20.2 Å². The van der Waals surface area contributed by atoms with Crippen LogP contribution in [0, 0.1) is 13.8 Å². The highest BCUT2D eigenvalue weighted by Crippen LogP contribution is 2.29. The number of hydrogen-bond donors (Lipinski definition) is 2. The molecule has 0 aromatic heterocycles. The summed E-state index contributed by atoms with van der Waals surface area (Å²) in [5.74, 6) is 0.114. The Morgan fingerprint density at radius 3 is 2.50 bits per heavy atom. The van der Waals surface area contributed by atoms with Crippen LogP contribution in [0.15, 0.2) is 65.8 Å². The lowest BCUT2D eigenvalue weighted by molar-refractivity contribution is -0.126. The number of hydrazone groups is 1. The van der Waals surface area contributed by atoms with E-state index < -0.39 is 11.8 Å². The van der Waals surface area contributed by atoms with Gasteiger partial charge < -0.3 is 14.8 Å². The van der Waals surface area contributed by atoms with Crippen LogP contribution in [0.4, 0.5) is 5.69 Å². The van der Waals surface area contributed by atoms with Gasteiger partial charge in [-0.2, -0.15) is 5.10 Å². The first-order valence-electron chi connectivity index (χ1n) is 10.6. The fraction of sp³-hybridized carbons (Fsp3) is 0.192. The number of carbonyl (C=O) groups is 2. The van der Waals surface area contributed by atoms with Crippen molar-refractivity contribution in [2.75, 3.05) is 12.4 Å². The lowest BCUT2D eigenvalue weighted by Crippen LogP contribution is -2.24. The van der Waals surface area contributed by atoms with Crippen LogP contribution in [-0.4, -0.2) is 25.1 Å². The van der Waals surface area contributed by atoms with E-state index in [4.69, 9.17) is 21.1 Å². The van der Waals surface area contributed by atoms with Gasteiger partial charge in [0.05, 0.1) is 13.3 Å². The first-order chi connectivity index (χ1) is 16.4. The topological polar surface area (TPSA) is 89.0 Å². The van der Waals surface area contributed by atoms with E-state index in [9.17, 15) is 9.59 Å². The molecule has 0 fully saturated rings. The first kappa shape index (κ1) is 24.8. The van der Waals surface area contributed by atoms with E-state index in [1.54, 1.807) is 30.3 Å². The van der Waals surface area contributed by atoms with Gasteiger partial charge in [0, 0.05) is 16.3 Å². The Balaban J connectivity index is 1.52. The maximum Gasteiger partial charge on any atom is 0.249 e. The lowest BCUT2D eigenvalue weighted by atomic mass is 10.1. The minimum atomic E-state index is -0.524. The summed E-state index contributed by atoms with van der Waals surface area (Å²) < 4.78 is 11.2. The molecule has 3 aromatic rings. The van der Waals surface area contributed by atoms with Gasteiger partial charge in [0.25, 0.3) is 0 Å². The van der Waals surface area contributed by atoms with Crippen LogP contribution in [0.1, 0.15) is 28.7 Å². The highest BCUT2D eigenvalue weighted by atomic mass is 35.5. The van der Waals surface area contributed by atoms with Gasteiger partial charge >= 0.3 is 0 Å². The number of anilines is 1. The Kier molecular flexibility index (Phi) is 8.65. The van der Waals surface area contributed by atoms with Crippen LogP contribution in [-0.2, 0) is 16.2 Å². The number of nitrogens with zero attached hydrogens (tertiary/aromatic N) is 1. The second-order valence-corrected chi connectivity index (χ2v) is 8.01. The van der Waals surface area contributed by atoms with Crippen LogP contribution in [0.3, 0.4) is 0 Å². The van der Waals surface area contributed by atoms with E-state index in [0.717, 1.165) is 16.7 Å². The predicted octanol–water partition coefficient (Wildman–Crippen LogP) is 5.02. The van der Waals surface area contributed by atoms with Gasteiger partial charge in [-0.05, 0) is 66.9 Å². The Bertz CT molecular complexity index is 1210. The standard InChI is InChI=1S/C26H26ClN3O4/c1-17-8-10-21(12-18(17)2)29-25(31)14-26(32)30-28-15-19-9-11-23(24(13-19)33-3)34-16-20-6-4-5-7-22(20)27/h4-13,15H,14,16H2,1-3H3,(H,29,31)(H,30,32). The van der Waals surface area contributed by atoms with Crippen molar-refractivity contribution in [3.05, 3.63) is 87.9 Å². The van der Waals surface area contributed by atoms with Crippen molar-refractivity contribution in [2.45, 2.75) is 26.9 Å². The quantitative estimate of drug-likeness (QED) is 0.256. The van der Waals surface area contributed by atoms with Gasteiger partial charge in [-0.3, -0.25) is 9.59 Å². The molecule has 0 atom stereocenters. The summed E-state index contributed by atoms with van der Waals surface area (Å²) in [5.41, 5.74) is 6.73. The first-order valence-corrected chi connectivity index (χ1v) is 11.0. The molecular formula is C26H26ClN3O4. The SMILES string of the molecule is COc1cc(C=NNC(=O)CC(=O)Nc2ccc(C)c(C)c2)ccc1OCc1ccccc1Cl. The highest BCUT2D eigenvalue weighted by molar-refractivity contribution is 6.31. The number of aryl methyl sites for hydroxylation is 2. The molecule has 0 spiro atoms. The third-order valence-corrected chi connectivity index (χ3v) is 5.41. The number of amides is 2. The molecule has 2 N–H and O–H groups in total. The molecule has 0 heterocycles. The number of halogens is 1. The molecule has 3 aromatic carbocycles. The second-order valence-electron chi connectivity index (χ2n) is 7.61. The summed E-state index contributed by atoms with van der Waals surface area (Å²) >= 11 is 6.17. The lowest BCUT2D eigenvalue weighted by Gasteiger charge is -2.12. The largest absolute Gasteiger partial charge is 0.493 e. The third-order valence-electron chi connectivity index (χ3n) is 5.04. The maximum absolute atomic E-state index is 12.1. The van der Waals surface area contributed by atoms with Crippen LogP contribution in [0.2, 0.25) is 5.02 Å². The number of ether oxygens (including phenoxy) is 2. The number of nitrogens with one attached hydrogen (secondary N) is 2. The molecule has 2 amide bonds. The van der Waals surface area contributed by atoms with Gasteiger partial charge in [-0.25, -0.2) is 5.43 Å². The zero-order valence-electron chi connectivity index (χ0n) is 19.2. The van der Waals surface area contributed by atoms with Crippen molar-refractivity contribution in [3.63, 3.8) is 0 Å². The molecule has 0 saturated heterocycles. The summed E-state index contributed by atoms with van der Waals surface area (Å²) in [6.07, 6.45) is 1.11. The molecular weight excluding hydrogens is 454 g/mol. The molecule has 0 unspecified atom stereocenters. The van der Waals surface area contributed by atoms with Gasteiger partial charge in [-0.15, -0.1) is 0 Å². The second kappa shape index (κ2) is 11.9. The van der Waals surface area contributed by atoms with Crippen molar-refractivity contribution in [2.24, 2.45) is 5.10 Å². The number of hydrogen-bond acceptors (Lipinski definition) is 5. The Morgan fingerprint density at radius 2 is 1.76 bits per heavy atom. The van der Waals surface area contributed by atoms with Gasteiger partial charge in [-0.1, -0.05) is 35.9 Å². The van der Waals surface area contributed by atoms with Crippen molar-refractivity contribution in [1.29, 1.82) is 0 Å². The summed E-state index contributed by atoms with van der Waals surface area (Å²) in [5, 5.41) is 7.25. The monoisotopic (exact) mass is 479 g/mol. The molecule has 0 radical (unpaired) electrons. The minimum Gasteiger partial charge on any atom is -0.493 e. The van der Waals surface area contributed by atoms with E-state index in [2.05, 4.69) is 15.8 Å². The third kappa shape index (κ3) is 7.08. The van der Waals surface area contributed by atoms with Gasteiger partial charge in [0.1, 0.15) is 13.0 Å². The van der Waals surface area contributed by atoms with Crippen molar-refractivity contribution < 1.29 is 19.1 Å². The molecule has 0 bridgehead atoms. The smallest absolute Gasteiger partial charge is 0.249 e. The normalized spacial score (nSPS) is 10.7. The van der Waals surface area contributed by atoms with E-state index in [1.165, 1.54) is 13.3 Å². The maximum atomic E-state index is 12.1. The average molecular weight is 480 g/mol. The van der Waals surface area contributed by atoms with Gasteiger partial charge in [0.15, 0.2) is 11.5 Å². The summed E-state index contributed by atoms with van der Waals surface area (Å²) in [6.45, 7) is 4.24. The van der Waals surface area contributed by atoms with Crippen molar-refractivity contribution in [1.82, 2.24) is 5.43 Å². The molecule has 0 aliphatic carbocycles.